The average Bonchev–Trinajstić information content (AvgIpc) is 2.39. The topological polar surface area (TPSA) is 55.5 Å². The zero-order valence-corrected chi connectivity index (χ0v) is 11.8. The first kappa shape index (κ1) is 15.0. The molecule has 0 heterocycles. The molecule has 3 nitrogen and oxygen atoms in total. The first-order valence-corrected chi connectivity index (χ1v) is 6.53. The first-order valence-electron chi connectivity index (χ1n) is 6.53. The summed E-state index contributed by atoms with van der Waals surface area (Å²) in [6, 6.07) is 7.77. The summed E-state index contributed by atoms with van der Waals surface area (Å²) in [5, 5.41) is 10.4. The molecule has 1 aromatic rings. The molecule has 3 heteroatoms. The number of benzene rings is 1. The Kier molecular flexibility index (Phi) is 5.63. The molecule has 0 saturated carbocycles. The van der Waals surface area contributed by atoms with Gasteiger partial charge in [0.25, 0.3) is 0 Å². The van der Waals surface area contributed by atoms with Crippen molar-refractivity contribution in [3.63, 3.8) is 0 Å². The number of hydrogen-bond donors (Lipinski definition) is 2. The van der Waals surface area contributed by atoms with Gasteiger partial charge >= 0.3 is 0 Å². The minimum Gasteiger partial charge on any atom is -0.497 e. The van der Waals surface area contributed by atoms with Crippen molar-refractivity contribution in [1.82, 2.24) is 0 Å². The number of rotatable bonds is 6. The largest absolute Gasteiger partial charge is 0.497 e. The van der Waals surface area contributed by atoms with Crippen LogP contribution in [0.25, 0.3) is 0 Å². The van der Waals surface area contributed by atoms with Crippen molar-refractivity contribution in [2.24, 2.45) is 17.6 Å². The summed E-state index contributed by atoms with van der Waals surface area (Å²) in [5.41, 5.74) is 6.89. The second kappa shape index (κ2) is 6.76. The van der Waals surface area contributed by atoms with Gasteiger partial charge in [-0.15, -0.1) is 0 Å². The number of hydrogen-bond acceptors (Lipinski definition) is 3. The summed E-state index contributed by atoms with van der Waals surface area (Å²) in [6.07, 6.45) is -0.414. The second-order valence-electron chi connectivity index (χ2n) is 5.21. The molecule has 3 atom stereocenters. The zero-order chi connectivity index (χ0) is 13.7. The van der Waals surface area contributed by atoms with E-state index in [-0.39, 0.29) is 11.8 Å². The monoisotopic (exact) mass is 251 g/mol. The first-order chi connectivity index (χ1) is 8.51. The van der Waals surface area contributed by atoms with Crippen LogP contribution in [0.4, 0.5) is 0 Å². The van der Waals surface area contributed by atoms with E-state index >= 15 is 0 Å². The van der Waals surface area contributed by atoms with E-state index in [2.05, 4.69) is 20.8 Å². The molecule has 0 aliphatic heterocycles. The second-order valence-corrected chi connectivity index (χ2v) is 5.21. The van der Waals surface area contributed by atoms with Crippen molar-refractivity contribution in [2.75, 3.05) is 13.7 Å². The molecule has 0 radical (unpaired) electrons. The molecule has 102 valence electrons. The molecule has 1 rings (SSSR count). The van der Waals surface area contributed by atoms with Crippen LogP contribution in [0.2, 0.25) is 0 Å². The Morgan fingerprint density at radius 2 is 1.72 bits per heavy atom. The fourth-order valence-corrected chi connectivity index (χ4v) is 2.08. The number of nitrogens with two attached hydrogens (primary N) is 1. The highest BCUT2D eigenvalue weighted by Crippen LogP contribution is 2.28. The van der Waals surface area contributed by atoms with Gasteiger partial charge in [-0.1, -0.05) is 32.9 Å². The van der Waals surface area contributed by atoms with Crippen LogP contribution in [-0.2, 0) is 0 Å². The fourth-order valence-electron chi connectivity index (χ4n) is 2.08. The van der Waals surface area contributed by atoms with Crippen LogP contribution in [0.1, 0.15) is 32.3 Å². The molecular formula is C15H25NO2. The van der Waals surface area contributed by atoms with Gasteiger partial charge in [-0.2, -0.15) is 0 Å². The third-order valence-corrected chi connectivity index (χ3v) is 3.80. The summed E-state index contributed by atoms with van der Waals surface area (Å²) in [7, 11) is 1.64. The Balaban J connectivity index is 2.87. The van der Waals surface area contributed by atoms with E-state index in [0.29, 0.717) is 12.5 Å². The van der Waals surface area contributed by atoms with Gasteiger partial charge in [0.05, 0.1) is 13.2 Å². The van der Waals surface area contributed by atoms with Crippen LogP contribution in [0.5, 0.6) is 5.75 Å². The SMILES string of the molecule is COc1ccc(C(CN)C(O)C(C)C(C)C)cc1. The Morgan fingerprint density at radius 1 is 1.17 bits per heavy atom. The van der Waals surface area contributed by atoms with E-state index in [4.69, 9.17) is 10.5 Å². The molecular weight excluding hydrogens is 226 g/mol. The van der Waals surface area contributed by atoms with Crippen molar-refractivity contribution in [1.29, 1.82) is 0 Å². The van der Waals surface area contributed by atoms with Gasteiger partial charge in [-0.25, -0.2) is 0 Å². The molecule has 0 aliphatic rings. The normalized spacial score (nSPS) is 16.4. The summed E-state index contributed by atoms with van der Waals surface area (Å²) >= 11 is 0. The van der Waals surface area contributed by atoms with Gasteiger partial charge in [-0.05, 0) is 29.5 Å². The average molecular weight is 251 g/mol. The smallest absolute Gasteiger partial charge is 0.118 e. The van der Waals surface area contributed by atoms with E-state index in [0.717, 1.165) is 11.3 Å². The maximum atomic E-state index is 10.4. The third kappa shape index (κ3) is 3.47. The predicted molar refractivity (Wildman–Crippen MR) is 74.8 cm³/mol. The van der Waals surface area contributed by atoms with Crippen LogP contribution in [0.3, 0.4) is 0 Å². The van der Waals surface area contributed by atoms with E-state index < -0.39 is 6.10 Å². The van der Waals surface area contributed by atoms with Crippen molar-refractivity contribution in [3.05, 3.63) is 29.8 Å². The van der Waals surface area contributed by atoms with Gasteiger partial charge in [0.2, 0.25) is 0 Å². The number of aliphatic hydroxyl groups is 1. The lowest BCUT2D eigenvalue weighted by Crippen LogP contribution is -2.33. The number of methoxy groups -OCH3 is 1. The summed E-state index contributed by atoms with van der Waals surface area (Å²) in [4.78, 5) is 0. The quantitative estimate of drug-likeness (QED) is 0.816. The standard InChI is InChI=1S/C15H25NO2/c1-10(2)11(3)15(17)14(9-16)12-5-7-13(18-4)8-6-12/h5-8,10-11,14-15,17H,9,16H2,1-4H3. The molecule has 0 aromatic heterocycles. The van der Waals surface area contributed by atoms with E-state index in [1.807, 2.05) is 24.3 Å². The van der Waals surface area contributed by atoms with Gasteiger partial charge in [0, 0.05) is 12.5 Å². The molecule has 0 saturated heterocycles. The minimum absolute atomic E-state index is 0.0201. The summed E-state index contributed by atoms with van der Waals surface area (Å²) in [6.45, 7) is 6.76. The lowest BCUT2D eigenvalue weighted by molar-refractivity contribution is 0.0684. The van der Waals surface area contributed by atoms with Crippen molar-refractivity contribution in [2.45, 2.75) is 32.8 Å². The van der Waals surface area contributed by atoms with Crippen LogP contribution in [-0.4, -0.2) is 24.9 Å². The van der Waals surface area contributed by atoms with Gasteiger partial charge in [0.15, 0.2) is 0 Å². The Hall–Kier alpha value is -1.06. The summed E-state index contributed by atoms with van der Waals surface area (Å²) in [5.74, 6) is 1.46. The Bertz CT molecular complexity index is 348. The maximum absolute atomic E-state index is 10.4. The highest BCUT2D eigenvalue weighted by molar-refractivity contribution is 5.30. The molecule has 0 fully saturated rings. The van der Waals surface area contributed by atoms with Crippen molar-refractivity contribution in [3.8, 4) is 5.75 Å². The van der Waals surface area contributed by atoms with Gasteiger partial charge in [-0.3, -0.25) is 0 Å². The molecule has 3 unspecified atom stereocenters. The molecule has 0 bridgehead atoms. The predicted octanol–water partition coefficient (Wildman–Crippen LogP) is 2.39. The molecule has 1 aromatic carbocycles. The maximum Gasteiger partial charge on any atom is 0.118 e. The lowest BCUT2D eigenvalue weighted by atomic mass is 9.81. The molecule has 0 spiro atoms. The van der Waals surface area contributed by atoms with Crippen LogP contribution < -0.4 is 10.5 Å². The van der Waals surface area contributed by atoms with Crippen LogP contribution in [0, 0.1) is 11.8 Å². The summed E-state index contributed by atoms with van der Waals surface area (Å²) < 4.78 is 5.13. The van der Waals surface area contributed by atoms with E-state index in [9.17, 15) is 5.11 Å². The molecule has 3 N–H and O–H groups in total. The highest BCUT2D eigenvalue weighted by Gasteiger charge is 2.26. The lowest BCUT2D eigenvalue weighted by Gasteiger charge is -2.29. The number of ether oxygens (including phenoxy) is 1. The minimum atomic E-state index is -0.414. The van der Waals surface area contributed by atoms with Crippen molar-refractivity contribution < 1.29 is 9.84 Å². The van der Waals surface area contributed by atoms with Crippen LogP contribution in [0.15, 0.2) is 24.3 Å². The molecule has 0 amide bonds. The third-order valence-electron chi connectivity index (χ3n) is 3.80. The van der Waals surface area contributed by atoms with Crippen molar-refractivity contribution >= 4 is 0 Å². The van der Waals surface area contributed by atoms with E-state index in [1.54, 1.807) is 7.11 Å². The van der Waals surface area contributed by atoms with Gasteiger partial charge < -0.3 is 15.6 Å². The van der Waals surface area contributed by atoms with E-state index in [1.165, 1.54) is 0 Å². The van der Waals surface area contributed by atoms with Gasteiger partial charge in [0.1, 0.15) is 5.75 Å². The molecule has 0 aliphatic carbocycles. The van der Waals surface area contributed by atoms with Crippen LogP contribution >= 0.6 is 0 Å². The molecule has 18 heavy (non-hydrogen) atoms. The Labute approximate surface area is 110 Å². The highest BCUT2D eigenvalue weighted by atomic mass is 16.5. The zero-order valence-electron chi connectivity index (χ0n) is 11.8. The number of aliphatic hydroxyl groups excluding tert-OH is 1. The Morgan fingerprint density at radius 3 is 2.11 bits per heavy atom. The fraction of sp³-hybridized carbons (Fsp3) is 0.600.